The minimum absolute atomic E-state index is 0.0649. The average Bonchev–Trinajstić information content (AvgIpc) is 3.50. The molecule has 0 aliphatic rings. The molecule has 0 aliphatic carbocycles. The molecule has 1 atom stereocenters. The number of thiophene rings is 1. The standard InChI is InChI=1S/C23H28N6O3S/c1-4-21(22-25-26-27-29(22)9-10-31-2)28(15-19-6-5-11-33-19)14-17-12-16-7-8-18(32-3)13-20(16)24-23(17)30/h5-8,11-13,21H,4,9-10,14-15H2,1-3H3,(H,24,30). The first-order chi connectivity index (χ1) is 16.1. The van der Waals surface area contributed by atoms with E-state index in [1.165, 1.54) is 4.88 Å². The highest BCUT2D eigenvalue weighted by Crippen LogP contribution is 2.28. The lowest BCUT2D eigenvalue weighted by molar-refractivity contribution is 0.152. The van der Waals surface area contributed by atoms with Crippen LogP contribution in [0.2, 0.25) is 0 Å². The summed E-state index contributed by atoms with van der Waals surface area (Å²) in [5.74, 6) is 1.48. The minimum atomic E-state index is -0.110. The van der Waals surface area contributed by atoms with Gasteiger partial charge in [-0.1, -0.05) is 13.0 Å². The normalized spacial score (nSPS) is 12.5. The maximum absolute atomic E-state index is 13.0. The molecule has 0 saturated heterocycles. The highest BCUT2D eigenvalue weighted by atomic mass is 32.1. The van der Waals surface area contributed by atoms with E-state index in [1.54, 1.807) is 30.2 Å². The summed E-state index contributed by atoms with van der Waals surface area (Å²) < 4.78 is 12.3. The van der Waals surface area contributed by atoms with Crippen LogP contribution in [0.15, 0.2) is 46.6 Å². The molecule has 174 valence electrons. The summed E-state index contributed by atoms with van der Waals surface area (Å²) in [5.41, 5.74) is 1.34. The summed E-state index contributed by atoms with van der Waals surface area (Å²) in [5, 5.41) is 15.4. The molecule has 0 aliphatic heterocycles. The van der Waals surface area contributed by atoms with E-state index in [0.717, 1.165) is 23.1 Å². The molecular formula is C23H28N6O3S. The lowest BCUT2D eigenvalue weighted by Gasteiger charge is -2.29. The molecule has 0 fully saturated rings. The molecule has 3 aromatic heterocycles. The largest absolute Gasteiger partial charge is 0.497 e. The number of aromatic amines is 1. The van der Waals surface area contributed by atoms with Gasteiger partial charge in [-0.15, -0.1) is 16.4 Å². The Hall–Kier alpha value is -3.08. The number of hydrogen-bond donors (Lipinski definition) is 1. The van der Waals surface area contributed by atoms with Crippen molar-refractivity contribution in [1.29, 1.82) is 0 Å². The zero-order valence-corrected chi connectivity index (χ0v) is 19.8. The maximum Gasteiger partial charge on any atom is 0.252 e. The highest BCUT2D eigenvalue weighted by Gasteiger charge is 2.26. The van der Waals surface area contributed by atoms with Gasteiger partial charge in [-0.3, -0.25) is 9.69 Å². The van der Waals surface area contributed by atoms with Crippen molar-refractivity contribution in [3.63, 3.8) is 0 Å². The number of hydrogen-bond acceptors (Lipinski definition) is 8. The van der Waals surface area contributed by atoms with E-state index < -0.39 is 0 Å². The zero-order chi connectivity index (χ0) is 23.2. The molecule has 0 bridgehead atoms. The molecule has 0 saturated carbocycles. The fourth-order valence-electron chi connectivity index (χ4n) is 3.96. The number of aromatic nitrogens is 5. The smallest absolute Gasteiger partial charge is 0.252 e. The summed E-state index contributed by atoms with van der Waals surface area (Å²) >= 11 is 1.70. The van der Waals surface area contributed by atoms with Crippen molar-refractivity contribution in [3.05, 3.63) is 68.4 Å². The number of nitrogens with one attached hydrogen (secondary N) is 1. The third kappa shape index (κ3) is 5.29. The van der Waals surface area contributed by atoms with E-state index in [1.807, 2.05) is 30.3 Å². The summed E-state index contributed by atoms with van der Waals surface area (Å²) in [6.45, 7) is 4.35. The predicted molar refractivity (Wildman–Crippen MR) is 127 cm³/mol. The van der Waals surface area contributed by atoms with Gasteiger partial charge in [0.15, 0.2) is 5.82 Å². The third-order valence-electron chi connectivity index (χ3n) is 5.63. The molecule has 10 heteroatoms. The van der Waals surface area contributed by atoms with Gasteiger partial charge in [-0.25, -0.2) is 4.68 Å². The molecule has 3 heterocycles. The van der Waals surface area contributed by atoms with E-state index in [9.17, 15) is 4.79 Å². The van der Waals surface area contributed by atoms with Gasteiger partial charge in [0.1, 0.15) is 5.75 Å². The second-order valence-electron chi connectivity index (χ2n) is 7.74. The van der Waals surface area contributed by atoms with Crippen molar-refractivity contribution in [2.24, 2.45) is 0 Å². The first kappa shape index (κ1) is 23.1. The van der Waals surface area contributed by atoms with Crippen LogP contribution in [0.1, 0.15) is 35.7 Å². The third-order valence-corrected chi connectivity index (χ3v) is 6.50. The Kier molecular flexibility index (Phi) is 7.48. The monoisotopic (exact) mass is 468 g/mol. The summed E-state index contributed by atoms with van der Waals surface area (Å²) in [4.78, 5) is 19.5. The number of tetrazole rings is 1. The molecule has 9 nitrogen and oxygen atoms in total. The molecule has 1 N–H and O–H groups in total. The first-order valence-corrected chi connectivity index (χ1v) is 11.7. The van der Waals surface area contributed by atoms with Crippen molar-refractivity contribution in [2.75, 3.05) is 20.8 Å². The van der Waals surface area contributed by atoms with Crippen molar-refractivity contribution < 1.29 is 9.47 Å². The van der Waals surface area contributed by atoms with Crippen LogP contribution in [-0.2, 0) is 24.4 Å². The first-order valence-electron chi connectivity index (χ1n) is 10.8. The summed E-state index contributed by atoms with van der Waals surface area (Å²) in [7, 11) is 3.27. The number of pyridine rings is 1. The van der Waals surface area contributed by atoms with Gasteiger partial charge in [-0.05, 0) is 51.9 Å². The summed E-state index contributed by atoms with van der Waals surface area (Å²) in [6, 6.07) is 11.7. The molecule has 1 aromatic carbocycles. The Morgan fingerprint density at radius 3 is 2.82 bits per heavy atom. The topological polar surface area (TPSA) is 98.2 Å². The molecule has 4 aromatic rings. The lowest BCUT2D eigenvalue weighted by atomic mass is 10.1. The Labute approximate surface area is 196 Å². The zero-order valence-electron chi connectivity index (χ0n) is 19.0. The Morgan fingerprint density at radius 2 is 2.09 bits per heavy atom. The van der Waals surface area contributed by atoms with E-state index in [4.69, 9.17) is 9.47 Å². The van der Waals surface area contributed by atoms with E-state index in [-0.39, 0.29) is 11.6 Å². The molecule has 1 unspecified atom stereocenters. The number of methoxy groups -OCH3 is 2. The number of benzene rings is 1. The summed E-state index contributed by atoms with van der Waals surface area (Å²) in [6.07, 6.45) is 0.793. The number of ether oxygens (including phenoxy) is 2. The number of fused-ring (bicyclic) bond motifs is 1. The van der Waals surface area contributed by atoms with Crippen LogP contribution in [0.5, 0.6) is 5.75 Å². The molecule has 0 spiro atoms. The number of rotatable bonds is 11. The van der Waals surface area contributed by atoms with Crippen molar-refractivity contribution >= 4 is 22.2 Å². The average molecular weight is 469 g/mol. The van der Waals surface area contributed by atoms with Crippen molar-refractivity contribution in [3.8, 4) is 5.75 Å². The SMILES string of the molecule is CCC(c1nnnn1CCOC)N(Cc1cccs1)Cc1cc2ccc(OC)cc2[nH]c1=O. The van der Waals surface area contributed by atoms with Gasteiger partial charge in [0.25, 0.3) is 5.56 Å². The predicted octanol–water partition coefficient (Wildman–Crippen LogP) is 3.38. The van der Waals surface area contributed by atoms with Crippen LogP contribution in [0.4, 0.5) is 0 Å². The van der Waals surface area contributed by atoms with Gasteiger partial charge >= 0.3 is 0 Å². The Balaban J connectivity index is 1.69. The van der Waals surface area contributed by atoms with Gasteiger partial charge in [0, 0.05) is 36.7 Å². The quantitative estimate of drug-likeness (QED) is 0.360. The Morgan fingerprint density at radius 1 is 1.21 bits per heavy atom. The van der Waals surface area contributed by atoms with Crippen LogP contribution >= 0.6 is 11.3 Å². The van der Waals surface area contributed by atoms with Crippen molar-refractivity contribution in [1.82, 2.24) is 30.1 Å². The van der Waals surface area contributed by atoms with E-state index >= 15 is 0 Å². The second-order valence-corrected chi connectivity index (χ2v) is 8.77. The molecule has 0 radical (unpaired) electrons. The van der Waals surface area contributed by atoms with Crippen LogP contribution in [0.25, 0.3) is 10.9 Å². The van der Waals surface area contributed by atoms with E-state index in [2.05, 4.69) is 43.8 Å². The van der Waals surface area contributed by atoms with E-state index in [0.29, 0.717) is 37.6 Å². The lowest BCUT2D eigenvalue weighted by Crippen LogP contribution is -2.32. The van der Waals surface area contributed by atoms with Crippen LogP contribution < -0.4 is 10.3 Å². The fraction of sp³-hybridized carbons (Fsp3) is 0.391. The van der Waals surface area contributed by atoms with Crippen LogP contribution in [-0.4, -0.2) is 50.9 Å². The fourth-order valence-corrected chi connectivity index (χ4v) is 4.69. The molecular weight excluding hydrogens is 440 g/mol. The second kappa shape index (κ2) is 10.7. The van der Waals surface area contributed by atoms with Crippen molar-refractivity contribution in [2.45, 2.75) is 39.0 Å². The van der Waals surface area contributed by atoms with Crippen LogP contribution in [0.3, 0.4) is 0 Å². The maximum atomic E-state index is 13.0. The highest BCUT2D eigenvalue weighted by molar-refractivity contribution is 7.09. The van der Waals surface area contributed by atoms with Gasteiger partial charge in [0.2, 0.25) is 0 Å². The van der Waals surface area contributed by atoms with Gasteiger partial charge in [-0.2, -0.15) is 0 Å². The number of nitrogens with zero attached hydrogens (tertiary/aromatic N) is 5. The van der Waals surface area contributed by atoms with Gasteiger partial charge in [0.05, 0.1) is 31.8 Å². The minimum Gasteiger partial charge on any atom is -0.497 e. The van der Waals surface area contributed by atoms with Crippen LogP contribution in [0, 0.1) is 0 Å². The van der Waals surface area contributed by atoms with Gasteiger partial charge < -0.3 is 14.5 Å². The number of H-pyrrole nitrogens is 1. The molecule has 0 amide bonds. The molecule has 33 heavy (non-hydrogen) atoms. The molecule has 4 rings (SSSR count). The Bertz CT molecular complexity index is 1240.